The summed E-state index contributed by atoms with van der Waals surface area (Å²) in [6.07, 6.45) is 1.69. The van der Waals surface area contributed by atoms with Crippen molar-refractivity contribution < 1.29 is 9.59 Å². The molecule has 2 aliphatic rings. The van der Waals surface area contributed by atoms with Gasteiger partial charge in [0.25, 0.3) is 0 Å². The molecule has 0 aliphatic carbocycles. The van der Waals surface area contributed by atoms with E-state index in [0.29, 0.717) is 24.9 Å². The first-order valence-corrected chi connectivity index (χ1v) is 8.61. The first kappa shape index (κ1) is 18.5. The molecule has 5 N–H and O–H groups in total. The Bertz CT molecular complexity index is 503. The van der Waals surface area contributed by atoms with Crippen molar-refractivity contribution in [2.75, 3.05) is 33.2 Å². The number of carbonyl (C=O) groups excluding carboxylic acids is 2. The fourth-order valence-electron chi connectivity index (χ4n) is 3.54. The van der Waals surface area contributed by atoms with Crippen LogP contribution in [0.5, 0.6) is 0 Å². The quantitative estimate of drug-likeness (QED) is 0.437. The zero-order valence-corrected chi connectivity index (χ0v) is 14.9. The minimum Gasteiger partial charge on any atom is -0.370 e. The SMILES string of the molecule is CC(C)C1CC(C(=O)N2CCC(NC(=O)CN=C(N)N)C2)N(C)C1. The smallest absolute Gasteiger partial charge is 0.242 e. The maximum atomic E-state index is 12.8. The highest BCUT2D eigenvalue weighted by molar-refractivity contribution is 5.84. The van der Waals surface area contributed by atoms with Crippen LogP contribution in [0.15, 0.2) is 4.99 Å². The van der Waals surface area contributed by atoms with Gasteiger partial charge in [-0.2, -0.15) is 0 Å². The van der Waals surface area contributed by atoms with Crippen molar-refractivity contribution >= 4 is 17.8 Å². The minimum atomic E-state index is -0.222. The molecule has 24 heavy (non-hydrogen) atoms. The minimum absolute atomic E-state index is 0.0248. The second kappa shape index (κ2) is 7.83. The summed E-state index contributed by atoms with van der Waals surface area (Å²) < 4.78 is 0. The van der Waals surface area contributed by atoms with Gasteiger partial charge in [0.15, 0.2) is 5.96 Å². The first-order valence-electron chi connectivity index (χ1n) is 8.61. The van der Waals surface area contributed by atoms with E-state index < -0.39 is 0 Å². The van der Waals surface area contributed by atoms with Gasteiger partial charge in [-0.15, -0.1) is 0 Å². The second-order valence-electron chi connectivity index (χ2n) is 7.27. The van der Waals surface area contributed by atoms with Gasteiger partial charge in [0.1, 0.15) is 6.54 Å². The van der Waals surface area contributed by atoms with Gasteiger partial charge >= 0.3 is 0 Å². The number of nitrogens with zero attached hydrogens (tertiary/aromatic N) is 3. The van der Waals surface area contributed by atoms with Gasteiger partial charge in [0.05, 0.1) is 6.04 Å². The summed E-state index contributed by atoms with van der Waals surface area (Å²) >= 11 is 0. The molecule has 0 aromatic rings. The van der Waals surface area contributed by atoms with E-state index >= 15 is 0 Å². The molecule has 0 bridgehead atoms. The number of nitrogens with two attached hydrogens (primary N) is 2. The highest BCUT2D eigenvalue weighted by atomic mass is 16.2. The van der Waals surface area contributed by atoms with Crippen LogP contribution in [0, 0.1) is 11.8 Å². The maximum absolute atomic E-state index is 12.8. The van der Waals surface area contributed by atoms with Crippen LogP contribution in [0.1, 0.15) is 26.7 Å². The molecule has 3 unspecified atom stereocenters. The zero-order valence-electron chi connectivity index (χ0n) is 14.9. The Hall–Kier alpha value is -1.83. The van der Waals surface area contributed by atoms with Crippen LogP contribution in [0.4, 0.5) is 0 Å². The van der Waals surface area contributed by atoms with E-state index in [4.69, 9.17) is 11.5 Å². The van der Waals surface area contributed by atoms with Crippen LogP contribution in [0.3, 0.4) is 0 Å². The first-order chi connectivity index (χ1) is 11.3. The molecule has 0 radical (unpaired) electrons. The predicted molar refractivity (Wildman–Crippen MR) is 93.2 cm³/mol. The molecule has 8 nitrogen and oxygen atoms in total. The van der Waals surface area contributed by atoms with Crippen LogP contribution in [-0.4, -0.2) is 72.9 Å². The molecule has 2 aliphatic heterocycles. The third-order valence-electron chi connectivity index (χ3n) is 5.08. The number of aliphatic imine (C=N–C) groups is 1. The molecule has 2 amide bonds. The Morgan fingerprint density at radius 2 is 2.00 bits per heavy atom. The molecule has 2 saturated heterocycles. The highest BCUT2D eigenvalue weighted by Crippen LogP contribution is 2.29. The van der Waals surface area contributed by atoms with E-state index in [1.54, 1.807) is 0 Å². The number of nitrogens with one attached hydrogen (secondary N) is 1. The van der Waals surface area contributed by atoms with Gasteiger partial charge in [-0.25, -0.2) is 4.99 Å². The lowest BCUT2D eigenvalue weighted by Gasteiger charge is -2.25. The van der Waals surface area contributed by atoms with Crippen molar-refractivity contribution in [3.63, 3.8) is 0 Å². The molecular formula is C16H30N6O2. The average molecular weight is 338 g/mol. The van der Waals surface area contributed by atoms with Crippen molar-refractivity contribution in [2.24, 2.45) is 28.3 Å². The summed E-state index contributed by atoms with van der Waals surface area (Å²) in [4.78, 5) is 32.3. The normalized spacial score (nSPS) is 27.5. The van der Waals surface area contributed by atoms with E-state index in [2.05, 4.69) is 29.1 Å². The molecule has 0 saturated carbocycles. The third-order valence-corrected chi connectivity index (χ3v) is 5.08. The number of hydrogen-bond acceptors (Lipinski definition) is 4. The number of carbonyl (C=O) groups is 2. The monoisotopic (exact) mass is 338 g/mol. The van der Waals surface area contributed by atoms with Crippen molar-refractivity contribution in [1.29, 1.82) is 0 Å². The highest BCUT2D eigenvalue weighted by Gasteiger charge is 2.39. The molecule has 0 spiro atoms. The molecule has 8 heteroatoms. The Labute approximate surface area is 143 Å². The summed E-state index contributed by atoms with van der Waals surface area (Å²) in [6.45, 7) is 6.56. The summed E-state index contributed by atoms with van der Waals surface area (Å²) in [6, 6.07) is -0.0586. The van der Waals surface area contributed by atoms with Crippen molar-refractivity contribution in [1.82, 2.24) is 15.1 Å². The third kappa shape index (κ3) is 4.59. The number of likely N-dealkylation sites (tertiary alicyclic amines) is 2. The summed E-state index contributed by atoms with van der Waals surface area (Å²) in [5.41, 5.74) is 10.4. The Morgan fingerprint density at radius 1 is 1.29 bits per heavy atom. The van der Waals surface area contributed by atoms with Gasteiger partial charge in [-0.05, 0) is 31.7 Å². The van der Waals surface area contributed by atoms with Crippen LogP contribution >= 0.6 is 0 Å². The largest absolute Gasteiger partial charge is 0.370 e. The number of amides is 2. The lowest BCUT2D eigenvalue weighted by molar-refractivity contribution is -0.134. The van der Waals surface area contributed by atoms with E-state index in [-0.39, 0.29) is 36.4 Å². The number of hydrogen-bond donors (Lipinski definition) is 3. The fourth-order valence-corrected chi connectivity index (χ4v) is 3.54. The Kier molecular flexibility index (Phi) is 6.04. The molecule has 2 rings (SSSR count). The molecule has 2 fully saturated rings. The lowest BCUT2D eigenvalue weighted by atomic mass is 9.93. The van der Waals surface area contributed by atoms with Crippen LogP contribution in [0.25, 0.3) is 0 Å². The number of rotatable bonds is 5. The number of guanidine groups is 1. The summed E-state index contributed by atoms with van der Waals surface area (Å²) in [7, 11) is 2.02. The molecule has 2 heterocycles. The van der Waals surface area contributed by atoms with E-state index in [0.717, 1.165) is 19.4 Å². The topological polar surface area (TPSA) is 117 Å². The summed E-state index contributed by atoms with van der Waals surface area (Å²) in [5.74, 6) is 1.02. The van der Waals surface area contributed by atoms with Crippen molar-refractivity contribution in [3.8, 4) is 0 Å². The molecule has 136 valence electrons. The van der Waals surface area contributed by atoms with Crippen LogP contribution in [0.2, 0.25) is 0 Å². The van der Waals surface area contributed by atoms with Crippen LogP contribution in [-0.2, 0) is 9.59 Å². The van der Waals surface area contributed by atoms with Gasteiger partial charge in [-0.3, -0.25) is 14.5 Å². The molecule has 0 aromatic heterocycles. The summed E-state index contributed by atoms with van der Waals surface area (Å²) in [5, 5.41) is 2.88. The van der Waals surface area contributed by atoms with Crippen molar-refractivity contribution in [3.05, 3.63) is 0 Å². The van der Waals surface area contributed by atoms with Crippen LogP contribution < -0.4 is 16.8 Å². The molecule has 3 atom stereocenters. The zero-order chi connectivity index (χ0) is 17.9. The van der Waals surface area contributed by atoms with E-state index in [1.165, 1.54) is 0 Å². The Morgan fingerprint density at radius 3 is 2.58 bits per heavy atom. The van der Waals surface area contributed by atoms with Gasteiger partial charge < -0.3 is 21.7 Å². The molecular weight excluding hydrogens is 308 g/mol. The fraction of sp³-hybridized carbons (Fsp3) is 0.812. The predicted octanol–water partition coefficient (Wildman–Crippen LogP) is -1.05. The van der Waals surface area contributed by atoms with Gasteiger partial charge in [0, 0.05) is 25.7 Å². The van der Waals surface area contributed by atoms with Crippen molar-refractivity contribution in [2.45, 2.75) is 38.8 Å². The lowest BCUT2D eigenvalue weighted by Crippen LogP contribution is -2.45. The second-order valence-corrected chi connectivity index (χ2v) is 7.27. The molecule has 0 aromatic carbocycles. The average Bonchev–Trinajstić information content (AvgIpc) is 3.11. The van der Waals surface area contributed by atoms with Gasteiger partial charge in [0.2, 0.25) is 11.8 Å². The van der Waals surface area contributed by atoms with Gasteiger partial charge in [-0.1, -0.05) is 13.8 Å². The standard InChI is InChI=1S/C16H30N6O2/c1-10(2)11-6-13(21(3)8-11)15(24)22-5-4-12(9-22)20-14(23)7-19-16(17)18/h10-13H,4-9H2,1-3H3,(H,20,23)(H4,17,18,19). The number of likely N-dealkylation sites (N-methyl/N-ethyl adjacent to an activating group) is 1. The van der Waals surface area contributed by atoms with E-state index in [9.17, 15) is 9.59 Å². The maximum Gasteiger partial charge on any atom is 0.242 e. The van der Waals surface area contributed by atoms with E-state index in [1.807, 2.05) is 11.9 Å². The Balaban J connectivity index is 1.83.